The van der Waals surface area contributed by atoms with Crippen molar-refractivity contribution in [3.8, 4) is 5.69 Å². The van der Waals surface area contributed by atoms with Crippen molar-refractivity contribution in [2.24, 2.45) is 0 Å². The SMILES string of the molecule is Cc1cc(Cl)ccc1-n1cnc(C=O)c1CNC=O. The first-order chi connectivity index (χ1) is 9.17. The standard InChI is InChI=1S/C13H12ClN3O2/c1-9-4-10(14)2-3-12(9)17-7-16-11(6-18)13(17)5-15-8-19/h2-4,6-8H,5H2,1H3,(H,15,19). The maximum Gasteiger partial charge on any atom is 0.207 e. The van der Waals surface area contributed by atoms with E-state index in [1.165, 1.54) is 0 Å². The van der Waals surface area contributed by atoms with E-state index >= 15 is 0 Å². The first kappa shape index (κ1) is 13.3. The maximum absolute atomic E-state index is 11.0. The van der Waals surface area contributed by atoms with Crippen LogP contribution in [-0.2, 0) is 11.3 Å². The predicted molar refractivity (Wildman–Crippen MR) is 71.6 cm³/mol. The Morgan fingerprint density at radius 2 is 2.21 bits per heavy atom. The molecule has 0 radical (unpaired) electrons. The molecule has 0 aliphatic rings. The molecule has 1 aromatic carbocycles. The number of hydrogen-bond acceptors (Lipinski definition) is 3. The molecule has 6 heteroatoms. The van der Waals surface area contributed by atoms with Crippen LogP contribution in [0.3, 0.4) is 0 Å². The minimum Gasteiger partial charge on any atom is -0.353 e. The number of benzene rings is 1. The Labute approximate surface area is 115 Å². The normalized spacial score (nSPS) is 10.2. The summed E-state index contributed by atoms with van der Waals surface area (Å²) in [5.41, 5.74) is 2.76. The molecule has 2 aromatic rings. The fourth-order valence-corrected chi connectivity index (χ4v) is 2.12. The summed E-state index contributed by atoms with van der Waals surface area (Å²) in [6.45, 7) is 2.15. The molecule has 0 saturated carbocycles. The maximum atomic E-state index is 11.0. The van der Waals surface area contributed by atoms with Gasteiger partial charge in [0, 0.05) is 10.7 Å². The first-order valence-electron chi connectivity index (χ1n) is 5.62. The van der Waals surface area contributed by atoms with Gasteiger partial charge in [0.25, 0.3) is 0 Å². The summed E-state index contributed by atoms with van der Waals surface area (Å²) in [5, 5.41) is 3.18. The van der Waals surface area contributed by atoms with Gasteiger partial charge in [-0.05, 0) is 30.7 Å². The molecule has 1 heterocycles. The van der Waals surface area contributed by atoms with E-state index in [-0.39, 0.29) is 6.54 Å². The van der Waals surface area contributed by atoms with Gasteiger partial charge in [0.05, 0.1) is 12.2 Å². The van der Waals surface area contributed by atoms with E-state index in [0.717, 1.165) is 11.3 Å². The number of rotatable bonds is 5. The van der Waals surface area contributed by atoms with Gasteiger partial charge in [-0.1, -0.05) is 11.6 Å². The van der Waals surface area contributed by atoms with E-state index in [9.17, 15) is 9.59 Å². The first-order valence-corrected chi connectivity index (χ1v) is 6.00. The van der Waals surface area contributed by atoms with Crippen LogP contribution in [0.25, 0.3) is 5.69 Å². The number of aldehydes is 1. The van der Waals surface area contributed by atoms with Crippen molar-refractivity contribution < 1.29 is 9.59 Å². The lowest BCUT2D eigenvalue weighted by Gasteiger charge is -2.11. The minimum absolute atomic E-state index is 0.236. The Bertz CT molecular complexity index is 622. The lowest BCUT2D eigenvalue weighted by atomic mass is 10.2. The van der Waals surface area contributed by atoms with Crippen molar-refractivity contribution in [3.63, 3.8) is 0 Å². The molecule has 0 fully saturated rings. The molecule has 1 amide bonds. The number of carbonyl (C=O) groups is 2. The molecule has 0 atom stereocenters. The Kier molecular flexibility index (Phi) is 3.97. The summed E-state index contributed by atoms with van der Waals surface area (Å²) in [6, 6.07) is 5.44. The lowest BCUT2D eigenvalue weighted by Crippen LogP contribution is -2.15. The average Bonchev–Trinajstić information content (AvgIpc) is 2.79. The highest BCUT2D eigenvalue weighted by Gasteiger charge is 2.12. The molecular weight excluding hydrogens is 266 g/mol. The molecule has 0 aliphatic heterocycles. The molecule has 19 heavy (non-hydrogen) atoms. The van der Waals surface area contributed by atoms with Gasteiger partial charge in [0.2, 0.25) is 6.41 Å². The van der Waals surface area contributed by atoms with Crippen LogP contribution in [0.4, 0.5) is 0 Å². The van der Waals surface area contributed by atoms with Crippen molar-refractivity contribution >= 4 is 24.3 Å². The predicted octanol–water partition coefficient (Wildman–Crippen LogP) is 1.89. The quantitative estimate of drug-likeness (QED) is 0.849. The molecule has 1 N–H and O–H groups in total. The van der Waals surface area contributed by atoms with Gasteiger partial charge in [-0.3, -0.25) is 9.59 Å². The highest BCUT2D eigenvalue weighted by atomic mass is 35.5. The van der Waals surface area contributed by atoms with Gasteiger partial charge in [-0.15, -0.1) is 0 Å². The molecule has 0 aliphatic carbocycles. The van der Waals surface area contributed by atoms with Gasteiger partial charge in [0.1, 0.15) is 12.0 Å². The number of nitrogens with one attached hydrogen (secondary N) is 1. The average molecular weight is 278 g/mol. The second-order valence-electron chi connectivity index (χ2n) is 3.99. The summed E-state index contributed by atoms with van der Waals surface area (Å²) in [6.07, 6.45) is 2.81. The summed E-state index contributed by atoms with van der Waals surface area (Å²) < 4.78 is 1.77. The molecular formula is C13H12ClN3O2. The van der Waals surface area contributed by atoms with E-state index in [1.54, 1.807) is 17.0 Å². The third-order valence-corrected chi connectivity index (χ3v) is 3.02. The molecule has 0 bridgehead atoms. The molecule has 98 valence electrons. The van der Waals surface area contributed by atoms with Crippen LogP contribution in [0.15, 0.2) is 24.5 Å². The molecule has 1 aromatic heterocycles. The molecule has 2 rings (SSSR count). The fraction of sp³-hybridized carbons (Fsp3) is 0.154. The zero-order valence-electron chi connectivity index (χ0n) is 10.3. The van der Waals surface area contributed by atoms with Gasteiger partial charge in [0.15, 0.2) is 6.29 Å². The monoisotopic (exact) mass is 277 g/mol. The summed E-state index contributed by atoms with van der Waals surface area (Å²) in [4.78, 5) is 25.4. The fourth-order valence-electron chi connectivity index (χ4n) is 1.90. The van der Waals surface area contributed by atoms with E-state index < -0.39 is 0 Å². The number of nitrogens with zero attached hydrogens (tertiary/aromatic N) is 2. The second-order valence-corrected chi connectivity index (χ2v) is 4.43. The number of aromatic nitrogens is 2. The second kappa shape index (κ2) is 5.67. The highest BCUT2D eigenvalue weighted by molar-refractivity contribution is 6.30. The number of hydrogen-bond donors (Lipinski definition) is 1. The Morgan fingerprint density at radius 3 is 2.84 bits per heavy atom. The number of imidazole rings is 1. The van der Waals surface area contributed by atoms with E-state index in [0.29, 0.717) is 29.1 Å². The van der Waals surface area contributed by atoms with Crippen LogP contribution < -0.4 is 5.32 Å². The zero-order chi connectivity index (χ0) is 13.8. The summed E-state index contributed by atoms with van der Waals surface area (Å²) in [5.74, 6) is 0. The van der Waals surface area contributed by atoms with Crippen LogP contribution in [0.2, 0.25) is 5.02 Å². The number of aryl methyl sites for hydroxylation is 1. The van der Waals surface area contributed by atoms with Gasteiger partial charge in [-0.2, -0.15) is 0 Å². The van der Waals surface area contributed by atoms with E-state index in [1.807, 2.05) is 19.1 Å². The number of halogens is 1. The smallest absolute Gasteiger partial charge is 0.207 e. The van der Waals surface area contributed by atoms with Crippen LogP contribution in [0.1, 0.15) is 21.7 Å². The van der Waals surface area contributed by atoms with Crippen molar-refractivity contribution in [3.05, 3.63) is 46.5 Å². The largest absolute Gasteiger partial charge is 0.353 e. The Hall–Kier alpha value is -2.14. The number of carbonyl (C=O) groups excluding carboxylic acids is 2. The Morgan fingerprint density at radius 1 is 1.42 bits per heavy atom. The van der Waals surface area contributed by atoms with Crippen molar-refractivity contribution in [1.82, 2.24) is 14.9 Å². The zero-order valence-corrected chi connectivity index (χ0v) is 11.0. The van der Waals surface area contributed by atoms with Crippen LogP contribution in [0, 0.1) is 6.92 Å². The van der Waals surface area contributed by atoms with Crippen molar-refractivity contribution in [1.29, 1.82) is 0 Å². The van der Waals surface area contributed by atoms with Gasteiger partial charge >= 0.3 is 0 Å². The third-order valence-electron chi connectivity index (χ3n) is 2.78. The van der Waals surface area contributed by atoms with Gasteiger partial charge < -0.3 is 9.88 Å². The van der Waals surface area contributed by atoms with Crippen molar-refractivity contribution in [2.75, 3.05) is 0 Å². The van der Waals surface area contributed by atoms with E-state index in [2.05, 4.69) is 10.3 Å². The third kappa shape index (κ3) is 2.66. The molecule has 0 spiro atoms. The van der Waals surface area contributed by atoms with Crippen LogP contribution in [0.5, 0.6) is 0 Å². The summed E-state index contributed by atoms with van der Waals surface area (Å²) in [7, 11) is 0. The lowest BCUT2D eigenvalue weighted by molar-refractivity contribution is -0.109. The molecule has 0 saturated heterocycles. The summed E-state index contributed by atoms with van der Waals surface area (Å²) >= 11 is 5.92. The number of amides is 1. The topological polar surface area (TPSA) is 64.0 Å². The van der Waals surface area contributed by atoms with Gasteiger partial charge in [-0.25, -0.2) is 4.98 Å². The van der Waals surface area contributed by atoms with E-state index in [4.69, 9.17) is 11.6 Å². The minimum atomic E-state index is 0.236. The molecule has 5 nitrogen and oxygen atoms in total. The van der Waals surface area contributed by atoms with Crippen molar-refractivity contribution in [2.45, 2.75) is 13.5 Å². The highest BCUT2D eigenvalue weighted by Crippen LogP contribution is 2.21. The van der Waals surface area contributed by atoms with Crippen LogP contribution in [-0.4, -0.2) is 22.2 Å². The Balaban J connectivity index is 2.51. The van der Waals surface area contributed by atoms with Crippen LogP contribution >= 0.6 is 11.6 Å². The molecule has 0 unspecified atom stereocenters.